The number of anilines is 4. The van der Waals surface area contributed by atoms with Gasteiger partial charge in [-0.05, 0) is 24.0 Å². The van der Waals surface area contributed by atoms with Crippen molar-refractivity contribution in [2.45, 2.75) is 67.0 Å². The summed E-state index contributed by atoms with van der Waals surface area (Å²) in [5, 5.41) is 0. The van der Waals surface area contributed by atoms with Crippen LogP contribution in [0.4, 0.5) is 22.9 Å². The number of ether oxygens (including phenoxy) is 1. The SMILES string of the molecule is [2H]c1c(-c2cccc(C([2H])([2H])[2H])c2)c(-n2[c](=[Pt])n(-c3[c-]c(Oc4nc5c(c(C([2H])([2H])[2H])c4-c4ccccc4)-c4cccc6c4B4N(c7ccc[c-]c7N45)c4cccc(C([2H])([2H])[2H])c4-6)ccc3)c3ccccc32)c(-c2cc(-c3ccccc3)cc(C(C)(C)C)c2)c([2H])c1C([2H])([2H])C(C)C. The summed E-state index contributed by atoms with van der Waals surface area (Å²) in [5.74, 6) is -0.270. The van der Waals surface area contributed by atoms with E-state index in [9.17, 15) is 9.60 Å². The predicted octanol–water partition coefficient (Wildman–Crippen LogP) is 19.0. The summed E-state index contributed by atoms with van der Waals surface area (Å²) in [6.07, 6.45) is -2.23. The number of pyridine rings is 1. The van der Waals surface area contributed by atoms with Crippen LogP contribution in [0.3, 0.4) is 0 Å². The summed E-state index contributed by atoms with van der Waals surface area (Å²) in [4.78, 5) is 9.58. The van der Waals surface area contributed by atoms with E-state index >= 15 is 0 Å². The molecule has 416 valence electrons. The number of rotatable bonds is 10. The molecule has 0 spiro atoms. The van der Waals surface area contributed by atoms with Gasteiger partial charge < -0.3 is 0 Å². The summed E-state index contributed by atoms with van der Waals surface area (Å²) in [7, 11) is 0. The Kier molecular flexibility index (Phi) is 9.64. The second-order valence-corrected chi connectivity index (χ2v) is 24.2. The first-order valence-electron chi connectivity index (χ1n) is 34.9. The van der Waals surface area contributed by atoms with Gasteiger partial charge >= 0.3 is 449 Å². The zero-order chi connectivity index (χ0) is 69.0. The fraction of sp³-hybridized carbons (Fsp3) is 0.143. The molecule has 3 aliphatic rings. The van der Waals surface area contributed by atoms with Crippen molar-refractivity contribution in [1.29, 1.82) is 0 Å². The number of fused-ring (bicyclic) bond motifs is 10. The van der Waals surface area contributed by atoms with E-state index in [0.29, 0.717) is 87.9 Å². The predicted molar refractivity (Wildman–Crippen MR) is 348 cm³/mol. The van der Waals surface area contributed by atoms with E-state index in [-0.39, 0.29) is 57.1 Å². The molecular formula is C77H62BN5OPt-2. The molecule has 0 saturated heterocycles. The van der Waals surface area contributed by atoms with Crippen LogP contribution in [0.15, 0.2) is 212 Å². The Bertz CT molecular complexity index is 5350. The van der Waals surface area contributed by atoms with E-state index in [0.717, 1.165) is 27.8 Å². The third-order valence-corrected chi connectivity index (χ3v) is 17.3. The number of benzene rings is 10. The van der Waals surface area contributed by atoms with Crippen LogP contribution in [0.5, 0.6) is 11.6 Å². The summed E-state index contributed by atoms with van der Waals surface area (Å²) in [5.41, 5.74) is 11.4. The molecule has 0 atom stereocenters. The van der Waals surface area contributed by atoms with Crippen LogP contribution in [0.1, 0.15) is 80.3 Å². The van der Waals surface area contributed by atoms with Gasteiger partial charge in [0.2, 0.25) is 0 Å². The van der Waals surface area contributed by atoms with Gasteiger partial charge in [-0.1, -0.05) is 24.3 Å². The number of nitrogens with zero attached hydrogens (tertiary/aromatic N) is 5. The Labute approximate surface area is 528 Å². The molecule has 8 heteroatoms. The fourth-order valence-corrected chi connectivity index (χ4v) is 13.7. The topological polar surface area (TPSA) is 38.5 Å². The number of imidazole rings is 1. The number of aromatic nitrogens is 3. The van der Waals surface area contributed by atoms with Crippen LogP contribution < -0.4 is 19.8 Å². The first-order valence-corrected chi connectivity index (χ1v) is 29.6. The molecule has 0 unspecified atom stereocenters. The van der Waals surface area contributed by atoms with Crippen LogP contribution in [0.2, 0.25) is 0 Å². The normalized spacial score (nSPS) is 15.7. The Morgan fingerprint density at radius 2 is 1.31 bits per heavy atom. The Morgan fingerprint density at radius 1 is 0.624 bits per heavy atom. The van der Waals surface area contributed by atoms with E-state index in [1.54, 1.807) is 56.3 Å². The van der Waals surface area contributed by atoms with Crippen molar-refractivity contribution >= 4 is 46.4 Å². The molecule has 0 saturated carbocycles. The molecule has 3 aliphatic heterocycles. The van der Waals surface area contributed by atoms with E-state index in [4.69, 9.17) is 17.9 Å². The monoisotopic (exact) mass is 1290 g/mol. The zero-order valence-electron chi connectivity index (χ0n) is 60.2. The second kappa shape index (κ2) is 20.4. The Morgan fingerprint density at radius 3 is 2.06 bits per heavy atom. The third kappa shape index (κ3) is 8.64. The van der Waals surface area contributed by atoms with Gasteiger partial charge in [0.25, 0.3) is 0 Å². The van der Waals surface area contributed by atoms with Crippen molar-refractivity contribution in [3.05, 3.63) is 256 Å². The second-order valence-electron chi connectivity index (χ2n) is 23.1. The van der Waals surface area contributed by atoms with Gasteiger partial charge in [-0.2, -0.15) is 12.1 Å². The van der Waals surface area contributed by atoms with Gasteiger partial charge in [0.1, 0.15) is 0 Å². The van der Waals surface area contributed by atoms with E-state index in [2.05, 4.69) is 63.1 Å². The average molecular weight is 1290 g/mol. The minimum atomic E-state index is -2.82. The average Bonchev–Trinajstić information content (AvgIpc) is 1.41. The molecule has 10 aromatic carbocycles. The first kappa shape index (κ1) is 40.3. The van der Waals surface area contributed by atoms with Gasteiger partial charge in [0.15, 0.2) is 0 Å². The van der Waals surface area contributed by atoms with Crippen molar-refractivity contribution in [1.82, 2.24) is 14.1 Å². The van der Waals surface area contributed by atoms with Crippen molar-refractivity contribution in [3.8, 4) is 89.8 Å². The molecule has 0 radical (unpaired) electrons. The van der Waals surface area contributed by atoms with Crippen LogP contribution in [0, 0.1) is 42.4 Å². The molecule has 0 aliphatic carbocycles. The molecule has 15 rings (SSSR count). The summed E-state index contributed by atoms with van der Waals surface area (Å²) < 4.78 is 133. The summed E-state index contributed by atoms with van der Waals surface area (Å²) >= 11 is 2.24. The summed E-state index contributed by atoms with van der Waals surface area (Å²) in [6, 6.07) is 67.9. The molecule has 85 heavy (non-hydrogen) atoms. The molecule has 6 nitrogen and oxygen atoms in total. The van der Waals surface area contributed by atoms with Crippen molar-refractivity contribution in [3.63, 3.8) is 0 Å². The van der Waals surface area contributed by atoms with Crippen molar-refractivity contribution in [2.24, 2.45) is 5.92 Å². The van der Waals surface area contributed by atoms with E-state index < -0.39 is 45.2 Å². The van der Waals surface area contributed by atoms with Crippen LogP contribution in [-0.4, -0.2) is 21.1 Å². The van der Waals surface area contributed by atoms with Gasteiger partial charge in [-0.3, -0.25) is 0 Å². The van der Waals surface area contributed by atoms with Crippen LogP contribution in [-0.2, 0) is 31.1 Å². The molecular weight excluding hydrogens is 1220 g/mol. The Hall–Kier alpha value is -9.03. The number of aryl methyl sites for hydroxylation is 2. The maximum absolute atomic E-state index is 10.6. The molecule has 12 aromatic rings. The molecule has 2 aromatic heterocycles. The van der Waals surface area contributed by atoms with Gasteiger partial charge in [0.05, 0.1) is 0 Å². The molecule has 0 bridgehead atoms. The Balaban J connectivity index is 0.988. The molecule has 0 N–H and O–H groups in total. The van der Waals surface area contributed by atoms with Crippen molar-refractivity contribution in [2.75, 3.05) is 9.62 Å². The number of para-hydroxylation sites is 3. The van der Waals surface area contributed by atoms with Gasteiger partial charge in [-0.15, -0.1) is 6.07 Å². The zero-order valence-corrected chi connectivity index (χ0v) is 49.4. The number of hydrogen-bond donors (Lipinski definition) is 0. The first-order chi connectivity index (χ1) is 46.5. The summed E-state index contributed by atoms with van der Waals surface area (Å²) in [6.45, 7) is 1.28. The quantitative estimate of drug-likeness (QED) is 0.101. The number of hydrogen-bond acceptors (Lipinski definition) is 4. The third-order valence-electron chi connectivity index (χ3n) is 16.3. The van der Waals surface area contributed by atoms with Gasteiger partial charge in [-0.25, -0.2) is 0 Å². The van der Waals surface area contributed by atoms with E-state index in [1.807, 2.05) is 160 Å². The molecule has 0 amide bonds. The molecule has 5 heterocycles. The van der Waals surface area contributed by atoms with E-state index in [1.165, 1.54) is 6.07 Å². The van der Waals surface area contributed by atoms with Gasteiger partial charge in [0, 0.05) is 15.4 Å². The van der Waals surface area contributed by atoms with Crippen LogP contribution >= 0.6 is 0 Å². The fourth-order valence-electron chi connectivity index (χ4n) is 12.6. The standard InChI is InChI=1S/C77H62BN5O.Pt/c1-48(2)39-52-41-63(55-29-19-23-49(3)40-55)74(64(42-52)57-43-56(53-25-11-9-12-26-53)44-58(45-57)77(6,7)8)81-47-80(65-34-15-16-35-66(65)81)59-30-21-31-60(46-59)84-76-71(54-27-13-10-14-28-54)51(5)72-62-33-22-32-61-70-50(4)24-20-38-69(70)82-67-36-17-18-37-68(67)83(75(72)79-76)78(82)73(61)62;/h9-36,38,40-45,48H,39H2,1-8H3;/q-2;/i3D3,4D3,5D3,39D2,41D,42D;. The maximum atomic E-state index is 10.6. The molecule has 0 fully saturated rings. The van der Waals surface area contributed by atoms with Crippen molar-refractivity contribution < 1.29 is 41.9 Å². The van der Waals surface area contributed by atoms with Crippen LogP contribution in [0.25, 0.3) is 89.2 Å². The minimum absolute atomic E-state index is 0.0190.